The maximum atomic E-state index is 8.54. The largest absolute Gasteiger partial charge is 0.396 e. The Bertz CT molecular complexity index is 117. The SMILES string of the molecule is CC(C)=C[SiH2]CCCCCCO. The third-order valence-electron chi connectivity index (χ3n) is 1.91. The number of hydrogen-bond acceptors (Lipinski definition) is 1. The topological polar surface area (TPSA) is 20.2 Å². The zero-order valence-corrected chi connectivity index (χ0v) is 9.89. The number of rotatable bonds is 7. The second kappa shape index (κ2) is 9.01. The average Bonchev–Trinajstić information content (AvgIpc) is 2.02. The Morgan fingerprint density at radius 2 is 1.83 bits per heavy atom. The fraction of sp³-hybridized carbons (Fsp3) is 0.800. The van der Waals surface area contributed by atoms with E-state index in [1.54, 1.807) is 0 Å². The van der Waals surface area contributed by atoms with E-state index < -0.39 is 0 Å². The highest BCUT2D eigenvalue weighted by Crippen LogP contribution is 2.03. The molecule has 0 atom stereocenters. The summed E-state index contributed by atoms with van der Waals surface area (Å²) >= 11 is 0. The maximum Gasteiger partial charge on any atom is 0.0453 e. The van der Waals surface area contributed by atoms with Crippen molar-refractivity contribution < 1.29 is 5.11 Å². The van der Waals surface area contributed by atoms with Crippen LogP contribution in [-0.2, 0) is 0 Å². The molecule has 0 amide bonds. The lowest BCUT2D eigenvalue weighted by Gasteiger charge is -1.97. The highest BCUT2D eigenvalue weighted by atomic mass is 28.2. The van der Waals surface area contributed by atoms with Crippen LogP contribution >= 0.6 is 0 Å². The molecule has 0 heterocycles. The minimum atomic E-state index is 0.105. The number of aliphatic hydroxyl groups excluding tert-OH is 1. The molecule has 0 fully saturated rings. The molecule has 0 spiro atoms. The molecule has 1 nitrogen and oxygen atoms in total. The smallest absolute Gasteiger partial charge is 0.0453 e. The van der Waals surface area contributed by atoms with Gasteiger partial charge in [-0.15, -0.1) is 5.70 Å². The summed E-state index contributed by atoms with van der Waals surface area (Å²) in [5, 5.41) is 8.54. The Morgan fingerprint density at radius 3 is 2.42 bits per heavy atom. The normalized spacial score (nSPS) is 10.9. The Hall–Kier alpha value is -0.0831. The van der Waals surface area contributed by atoms with Crippen molar-refractivity contribution >= 4 is 9.52 Å². The van der Waals surface area contributed by atoms with E-state index in [4.69, 9.17) is 5.11 Å². The van der Waals surface area contributed by atoms with E-state index >= 15 is 0 Å². The molecule has 72 valence electrons. The van der Waals surface area contributed by atoms with Crippen LogP contribution in [0.3, 0.4) is 0 Å². The predicted octanol–water partition coefficient (Wildman–Crippen LogP) is 2.05. The van der Waals surface area contributed by atoms with Gasteiger partial charge in [0, 0.05) is 16.1 Å². The lowest BCUT2D eigenvalue weighted by molar-refractivity contribution is 0.283. The van der Waals surface area contributed by atoms with Crippen molar-refractivity contribution in [3.63, 3.8) is 0 Å². The molecule has 0 aliphatic carbocycles. The third kappa shape index (κ3) is 9.92. The number of aliphatic hydroxyl groups is 1. The first kappa shape index (κ1) is 11.9. The van der Waals surface area contributed by atoms with Gasteiger partial charge in [0.25, 0.3) is 0 Å². The van der Waals surface area contributed by atoms with Crippen LogP contribution in [0.1, 0.15) is 39.5 Å². The minimum Gasteiger partial charge on any atom is -0.396 e. The zero-order chi connectivity index (χ0) is 9.23. The molecule has 0 radical (unpaired) electrons. The summed E-state index contributed by atoms with van der Waals surface area (Å²) in [5.74, 6) is 0. The van der Waals surface area contributed by atoms with E-state index in [1.807, 2.05) is 0 Å². The van der Waals surface area contributed by atoms with Gasteiger partial charge in [0.15, 0.2) is 0 Å². The van der Waals surface area contributed by atoms with Crippen LogP contribution in [0.2, 0.25) is 6.04 Å². The van der Waals surface area contributed by atoms with Crippen molar-refractivity contribution in [2.75, 3.05) is 6.61 Å². The summed E-state index contributed by atoms with van der Waals surface area (Å²) in [6.45, 7) is 4.73. The molecule has 0 bridgehead atoms. The van der Waals surface area contributed by atoms with Gasteiger partial charge in [-0.2, -0.15) is 0 Å². The molecule has 2 heteroatoms. The van der Waals surface area contributed by atoms with E-state index in [-0.39, 0.29) is 9.52 Å². The minimum absolute atomic E-state index is 0.105. The van der Waals surface area contributed by atoms with E-state index in [9.17, 15) is 0 Å². The summed E-state index contributed by atoms with van der Waals surface area (Å²) in [5.41, 5.74) is 3.92. The summed E-state index contributed by atoms with van der Waals surface area (Å²) in [6, 6.07) is 1.44. The van der Waals surface area contributed by atoms with E-state index in [0.29, 0.717) is 6.61 Å². The molecule has 0 aromatic rings. The van der Waals surface area contributed by atoms with Crippen molar-refractivity contribution in [2.24, 2.45) is 0 Å². The molecule has 12 heavy (non-hydrogen) atoms. The van der Waals surface area contributed by atoms with Crippen molar-refractivity contribution in [3.05, 3.63) is 11.3 Å². The molecule has 0 rings (SSSR count). The molecule has 0 aliphatic rings. The van der Waals surface area contributed by atoms with Gasteiger partial charge in [0.2, 0.25) is 0 Å². The van der Waals surface area contributed by atoms with Crippen LogP contribution in [-0.4, -0.2) is 21.2 Å². The molecule has 0 aromatic carbocycles. The van der Waals surface area contributed by atoms with Crippen LogP contribution in [0, 0.1) is 0 Å². The Morgan fingerprint density at radius 1 is 1.17 bits per heavy atom. The highest BCUT2D eigenvalue weighted by molar-refractivity contribution is 6.42. The lowest BCUT2D eigenvalue weighted by Crippen LogP contribution is -1.87. The van der Waals surface area contributed by atoms with Crippen molar-refractivity contribution in [3.8, 4) is 0 Å². The van der Waals surface area contributed by atoms with Gasteiger partial charge in [-0.1, -0.05) is 30.9 Å². The van der Waals surface area contributed by atoms with Gasteiger partial charge in [-0.05, 0) is 20.3 Å². The fourth-order valence-corrected chi connectivity index (χ4v) is 2.60. The molecule has 0 aromatic heterocycles. The van der Waals surface area contributed by atoms with Gasteiger partial charge in [0.05, 0.1) is 0 Å². The van der Waals surface area contributed by atoms with Crippen molar-refractivity contribution in [1.82, 2.24) is 0 Å². The maximum absolute atomic E-state index is 8.54. The predicted molar refractivity (Wildman–Crippen MR) is 58.3 cm³/mol. The number of unbranched alkanes of at least 4 members (excludes halogenated alkanes) is 3. The van der Waals surface area contributed by atoms with Crippen LogP contribution in [0.15, 0.2) is 11.3 Å². The molecule has 0 saturated carbocycles. The Balaban J connectivity index is 2.96. The van der Waals surface area contributed by atoms with Crippen LogP contribution in [0.25, 0.3) is 0 Å². The molecule has 1 N–H and O–H groups in total. The van der Waals surface area contributed by atoms with E-state index in [0.717, 1.165) is 6.42 Å². The van der Waals surface area contributed by atoms with Crippen molar-refractivity contribution in [1.29, 1.82) is 0 Å². The van der Waals surface area contributed by atoms with E-state index in [1.165, 1.54) is 30.9 Å². The molecule has 0 saturated heterocycles. The summed E-state index contributed by atoms with van der Waals surface area (Å²) < 4.78 is 0. The van der Waals surface area contributed by atoms with Gasteiger partial charge >= 0.3 is 0 Å². The van der Waals surface area contributed by atoms with Crippen LogP contribution in [0.4, 0.5) is 0 Å². The monoisotopic (exact) mass is 186 g/mol. The first-order valence-electron chi connectivity index (χ1n) is 5.01. The Kier molecular flexibility index (Phi) is 8.95. The fourth-order valence-electron chi connectivity index (χ4n) is 1.18. The van der Waals surface area contributed by atoms with E-state index in [2.05, 4.69) is 19.5 Å². The molecular formula is C10H22OSi. The van der Waals surface area contributed by atoms with Crippen LogP contribution in [0.5, 0.6) is 0 Å². The highest BCUT2D eigenvalue weighted by Gasteiger charge is 1.88. The van der Waals surface area contributed by atoms with Crippen LogP contribution < -0.4 is 0 Å². The van der Waals surface area contributed by atoms with Gasteiger partial charge in [-0.25, -0.2) is 0 Å². The molecule has 0 aliphatic heterocycles. The lowest BCUT2D eigenvalue weighted by atomic mass is 10.2. The van der Waals surface area contributed by atoms with Gasteiger partial charge < -0.3 is 5.11 Å². The Labute approximate surface area is 78.7 Å². The molecular weight excluding hydrogens is 164 g/mol. The standard InChI is InChI=1S/C10H22OSi/c1-10(2)9-12-8-6-4-3-5-7-11/h9,11H,3-8,12H2,1-2H3. The second-order valence-corrected chi connectivity index (χ2v) is 5.25. The number of allylic oxidation sites excluding steroid dienone is 1. The summed E-state index contributed by atoms with van der Waals surface area (Å²) in [7, 11) is 0.105. The summed E-state index contributed by atoms with van der Waals surface area (Å²) in [4.78, 5) is 0. The summed E-state index contributed by atoms with van der Waals surface area (Å²) in [6.07, 6.45) is 4.88. The van der Waals surface area contributed by atoms with Gasteiger partial charge in [-0.3, -0.25) is 0 Å². The quantitative estimate of drug-likeness (QED) is 0.476. The second-order valence-electron chi connectivity index (χ2n) is 3.56. The first-order valence-corrected chi connectivity index (χ1v) is 6.83. The zero-order valence-electron chi connectivity index (χ0n) is 8.47. The van der Waals surface area contributed by atoms with Gasteiger partial charge in [0.1, 0.15) is 0 Å². The first-order chi connectivity index (χ1) is 5.77. The number of hydrogen-bond donors (Lipinski definition) is 1. The van der Waals surface area contributed by atoms with Crippen molar-refractivity contribution in [2.45, 2.75) is 45.6 Å². The average molecular weight is 186 g/mol. The molecule has 0 unspecified atom stereocenters. The third-order valence-corrected chi connectivity index (χ3v) is 3.93.